The molecule has 6 nitrogen and oxygen atoms in total. The van der Waals surface area contributed by atoms with Crippen LogP contribution < -0.4 is 4.74 Å². The van der Waals surface area contributed by atoms with Gasteiger partial charge in [0.05, 0.1) is 23.6 Å². The number of hydrogen-bond donors (Lipinski definition) is 1. The zero-order valence-corrected chi connectivity index (χ0v) is 15.6. The van der Waals surface area contributed by atoms with E-state index in [0.29, 0.717) is 42.5 Å². The van der Waals surface area contributed by atoms with E-state index in [1.54, 1.807) is 52.3 Å². The highest BCUT2D eigenvalue weighted by molar-refractivity contribution is 6.33. The molecule has 1 fully saturated rings. The van der Waals surface area contributed by atoms with Crippen LogP contribution >= 0.6 is 11.6 Å². The Balaban J connectivity index is 1.45. The summed E-state index contributed by atoms with van der Waals surface area (Å²) in [6, 6.07) is 13.4. The maximum absolute atomic E-state index is 12.6. The number of carbonyl (C=O) groups excluding carboxylic acids is 2. The molecule has 27 heavy (non-hydrogen) atoms. The summed E-state index contributed by atoms with van der Waals surface area (Å²) < 4.78 is 5.49. The quantitative estimate of drug-likeness (QED) is 0.855. The molecule has 0 atom stereocenters. The molecule has 142 valence electrons. The third-order valence-corrected chi connectivity index (χ3v) is 4.76. The number of amides is 2. The van der Waals surface area contributed by atoms with Crippen LogP contribution in [0.15, 0.2) is 48.5 Å². The van der Waals surface area contributed by atoms with Crippen molar-refractivity contribution in [1.82, 2.24) is 9.80 Å². The van der Waals surface area contributed by atoms with Crippen LogP contribution in [0.4, 0.5) is 0 Å². The summed E-state index contributed by atoms with van der Waals surface area (Å²) in [6.45, 7) is 2.16. The molecule has 1 N–H and O–H groups in total. The third-order valence-electron chi connectivity index (χ3n) is 4.43. The van der Waals surface area contributed by atoms with Gasteiger partial charge in [-0.25, -0.2) is 0 Å². The predicted molar refractivity (Wildman–Crippen MR) is 102 cm³/mol. The number of hydrogen-bond acceptors (Lipinski definition) is 4. The topological polar surface area (TPSA) is 70.1 Å². The van der Waals surface area contributed by atoms with Crippen molar-refractivity contribution in [2.45, 2.75) is 6.42 Å². The van der Waals surface area contributed by atoms with Gasteiger partial charge in [0.2, 0.25) is 5.91 Å². The van der Waals surface area contributed by atoms with Gasteiger partial charge >= 0.3 is 0 Å². The Morgan fingerprint density at radius 1 is 1.00 bits per heavy atom. The Bertz CT molecular complexity index is 819. The summed E-state index contributed by atoms with van der Waals surface area (Å²) in [5.74, 6) is 0.524. The molecule has 1 aliphatic rings. The molecule has 1 heterocycles. The maximum atomic E-state index is 12.6. The van der Waals surface area contributed by atoms with Crippen LogP contribution in [-0.2, 0) is 4.79 Å². The number of benzene rings is 2. The predicted octanol–water partition coefficient (Wildman–Crippen LogP) is 2.80. The lowest BCUT2D eigenvalue weighted by Crippen LogP contribution is -2.50. The molecule has 0 aliphatic carbocycles. The van der Waals surface area contributed by atoms with Crippen molar-refractivity contribution in [2.75, 3.05) is 32.8 Å². The van der Waals surface area contributed by atoms with E-state index in [4.69, 9.17) is 16.3 Å². The first-order chi connectivity index (χ1) is 13.0. The fraction of sp³-hybridized carbons (Fsp3) is 0.300. The minimum absolute atomic E-state index is 0.0139. The average Bonchev–Trinajstić information content (AvgIpc) is 2.68. The monoisotopic (exact) mass is 388 g/mol. The van der Waals surface area contributed by atoms with Crippen molar-refractivity contribution in [1.29, 1.82) is 0 Å². The molecule has 0 saturated carbocycles. The number of rotatable bonds is 5. The molecule has 3 rings (SSSR count). The van der Waals surface area contributed by atoms with Gasteiger partial charge in [0.15, 0.2) is 0 Å². The van der Waals surface area contributed by atoms with E-state index in [1.165, 1.54) is 6.07 Å². The van der Waals surface area contributed by atoms with Gasteiger partial charge < -0.3 is 19.6 Å². The van der Waals surface area contributed by atoms with Crippen LogP contribution in [0.1, 0.15) is 16.8 Å². The number of piperazine rings is 1. The number of phenolic OH excluding ortho intramolecular Hbond substituents is 1. The smallest absolute Gasteiger partial charge is 0.255 e. The summed E-state index contributed by atoms with van der Waals surface area (Å²) in [4.78, 5) is 28.3. The molecule has 2 aromatic carbocycles. The Morgan fingerprint density at radius 2 is 1.70 bits per heavy atom. The van der Waals surface area contributed by atoms with Crippen molar-refractivity contribution >= 4 is 23.4 Å². The van der Waals surface area contributed by atoms with Crippen molar-refractivity contribution in [3.8, 4) is 11.5 Å². The van der Waals surface area contributed by atoms with Crippen LogP contribution in [0.25, 0.3) is 0 Å². The van der Waals surface area contributed by atoms with Crippen LogP contribution in [0.2, 0.25) is 5.02 Å². The minimum Gasteiger partial charge on any atom is -0.508 e. The van der Waals surface area contributed by atoms with E-state index in [-0.39, 0.29) is 30.6 Å². The molecule has 2 amide bonds. The summed E-state index contributed by atoms with van der Waals surface area (Å²) in [5.41, 5.74) is 0.485. The molecule has 1 saturated heterocycles. The van der Waals surface area contributed by atoms with E-state index in [2.05, 4.69) is 0 Å². The lowest BCUT2D eigenvalue weighted by Gasteiger charge is -2.35. The summed E-state index contributed by atoms with van der Waals surface area (Å²) in [5, 5.41) is 9.83. The Labute approximate surface area is 162 Å². The Morgan fingerprint density at radius 3 is 2.41 bits per heavy atom. The molecule has 0 aromatic heterocycles. The standard InChI is InChI=1S/C20H21ClN2O4/c21-18-7-2-1-6-17(18)20(26)23-11-9-22(10-12-23)19(25)8-13-27-16-5-3-4-15(24)14-16/h1-7,14,24H,8-13H2. The minimum atomic E-state index is -0.111. The maximum Gasteiger partial charge on any atom is 0.255 e. The first-order valence-corrected chi connectivity index (χ1v) is 9.16. The van der Waals surface area contributed by atoms with E-state index < -0.39 is 0 Å². The van der Waals surface area contributed by atoms with Gasteiger partial charge in [-0.3, -0.25) is 9.59 Å². The van der Waals surface area contributed by atoms with E-state index >= 15 is 0 Å². The number of aromatic hydroxyl groups is 1. The van der Waals surface area contributed by atoms with Crippen molar-refractivity contribution in [3.63, 3.8) is 0 Å². The molecule has 0 spiro atoms. The van der Waals surface area contributed by atoms with Crippen LogP contribution in [0.5, 0.6) is 11.5 Å². The molecule has 0 bridgehead atoms. The molecule has 0 unspecified atom stereocenters. The fourth-order valence-electron chi connectivity index (χ4n) is 2.95. The lowest BCUT2D eigenvalue weighted by atomic mass is 10.1. The average molecular weight is 389 g/mol. The second-order valence-corrected chi connectivity index (χ2v) is 6.66. The van der Waals surface area contributed by atoms with E-state index in [0.717, 1.165) is 0 Å². The van der Waals surface area contributed by atoms with Gasteiger partial charge in [0.25, 0.3) is 5.91 Å². The Hall–Kier alpha value is -2.73. The molecular weight excluding hydrogens is 368 g/mol. The molecule has 0 radical (unpaired) electrons. The van der Waals surface area contributed by atoms with Gasteiger partial charge in [-0.1, -0.05) is 29.8 Å². The highest BCUT2D eigenvalue weighted by atomic mass is 35.5. The normalized spacial score (nSPS) is 14.1. The number of nitrogens with zero attached hydrogens (tertiary/aromatic N) is 2. The number of carbonyl (C=O) groups is 2. The van der Waals surface area contributed by atoms with Gasteiger partial charge in [-0.05, 0) is 24.3 Å². The second kappa shape index (κ2) is 8.77. The molecule has 7 heteroatoms. The molecular formula is C20H21ClN2O4. The molecule has 1 aliphatic heterocycles. The van der Waals surface area contributed by atoms with Crippen LogP contribution in [0, 0.1) is 0 Å². The summed E-state index contributed by atoms with van der Waals surface area (Å²) in [6.07, 6.45) is 0.244. The van der Waals surface area contributed by atoms with Gasteiger partial charge in [-0.2, -0.15) is 0 Å². The first-order valence-electron chi connectivity index (χ1n) is 8.78. The van der Waals surface area contributed by atoms with Gasteiger partial charge in [0.1, 0.15) is 11.5 Å². The molecule has 2 aromatic rings. The first kappa shape index (κ1) is 19.0. The second-order valence-electron chi connectivity index (χ2n) is 6.25. The highest BCUT2D eigenvalue weighted by Crippen LogP contribution is 2.19. The zero-order valence-electron chi connectivity index (χ0n) is 14.8. The summed E-state index contributed by atoms with van der Waals surface area (Å²) >= 11 is 6.09. The van der Waals surface area contributed by atoms with E-state index in [1.807, 2.05) is 0 Å². The number of halogens is 1. The third kappa shape index (κ3) is 4.92. The van der Waals surface area contributed by atoms with E-state index in [9.17, 15) is 14.7 Å². The van der Waals surface area contributed by atoms with Crippen LogP contribution in [0.3, 0.4) is 0 Å². The Kier molecular flexibility index (Phi) is 6.19. The van der Waals surface area contributed by atoms with Gasteiger partial charge in [-0.15, -0.1) is 0 Å². The van der Waals surface area contributed by atoms with Crippen LogP contribution in [-0.4, -0.2) is 59.5 Å². The fourth-order valence-corrected chi connectivity index (χ4v) is 3.17. The largest absolute Gasteiger partial charge is 0.508 e. The number of ether oxygens (including phenoxy) is 1. The summed E-state index contributed by atoms with van der Waals surface area (Å²) in [7, 11) is 0. The zero-order chi connectivity index (χ0) is 19.2. The lowest BCUT2D eigenvalue weighted by molar-refractivity contribution is -0.133. The SMILES string of the molecule is O=C(CCOc1cccc(O)c1)N1CCN(C(=O)c2ccccc2Cl)CC1. The van der Waals surface area contributed by atoms with Crippen molar-refractivity contribution in [3.05, 3.63) is 59.1 Å². The highest BCUT2D eigenvalue weighted by Gasteiger charge is 2.25. The van der Waals surface area contributed by atoms with Crippen molar-refractivity contribution in [2.24, 2.45) is 0 Å². The number of phenols is 1. The van der Waals surface area contributed by atoms with Gasteiger partial charge in [0, 0.05) is 32.2 Å². The van der Waals surface area contributed by atoms with Crippen molar-refractivity contribution < 1.29 is 19.4 Å².